The average Bonchev–Trinajstić information content (AvgIpc) is 2.38. The lowest BCUT2D eigenvalue weighted by Crippen LogP contribution is -1.95. The second-order valence-corrected chi connectivity index (χ2v) is 3.28. The van der Waals surface area contributed by atoms with E-state index in [1.807, 2.05) is 12.1 Å². The molecule has 0 aliphatic heterocycles. The predicted octanol–water partition coefficient (Wildman–Crippen LogP) is 2.53. The molecule has 0 atom stereocenters. The molecule has 1 heterocycles. The number of benzene rings is 1. The van der Waals surface area contributed by atoms with Crippen LogP contribution in [0.15, 0.2) is 48.8 Å². The van der Waals surface area contributed by atoms with Crippen LogP contribution in [0.4, 0.5) is 0 Å². The standard InChI is InChI=1S/C13H10N2O/c14-9-11-1-3-13(4-2-11)16-10-12-5-7-15-8-6-12/h1-8H,10H2. The quantitative estimate of drug-likeness (QED) is 0.782. The van der Waals surface area contributed by atoms with E-state index < -0.39 is 0 Å². The normalized spacial score (nSPS) is 9.44. The van der Waals surface area contributed by atoms with Gasteiger partial charge in [-0.15, -0.1) is 0 Å². The lowest BCUT2D eigenvalue weighted by atomic mass is 10.2. The van der Waals surface area contributed by atoms with Gasteiger partial charge in [0.1, 0.15) is 12.4 Å². The summed E-state index contributed by atoms with van der Waals surface area (Å²) in [5.74, 6) is 0.760. The molecule has 16 heavy (non-hydrogen) atoms. The van der Waals surface area contributed by atoms with Crippen molar-refractivity contribution < 1.29 is 4.74 Å². The fraction of sp³-hybridized carbons (Fsp3) is 0.0769. The minimum Gasteiger partial charge on any atom is -0.489 e. The van der Waals surface area contributed by atoms with Crippen LogP contribution in [0.3, 0.4) is 0 Å². The molecule has 0 fully saturated rings. The molecule has 0 saturated carbocycles. The molecule has 0 unspecified atom stereocenters. The molecule has 0 N–H and O–H groups in total. The van der Waals surface area contributed by atoms with Crippen LogP contribution >= 0.6 is 0 Å². The Kier molecular flexibility index (Phi) is 3.15. The highest BCUT2D eigenvalue weighted by Gasteiger charge is 1.95. The van der Waals surface area contributed by atoms with E-state index in [1.165, 1.54) is 0 Å². The summed E-state index contributed by atoms with van der Waals surface area (Å²) in [7, 11) is 0. The topological polar surface area (TPSA) is 45.9 Å². The molecule has 3 heteroatoms. The molecule has 78 valence electrons. The second-order valence-electron chi connectivity index (χ2n) is 3.28. The number of hydrogen-bond donors (Lipinski definition) is 0. The van der Waals surface area contributed by atoms with Crippen molar-refractivity contribution in [3.8, 4) is 11.8 Å². The monoisotopic (exact) mass is 210 g/mol. The average molecular weight is 210 g/mol. The Morgan fingerprint density at radius 1 is 1.06 bits per heavy atom. The highest BCUT2D eigenvalue weighted by Crippen LogP contribution is 2.13. The first kappa shape index (κ1) is 10.2. The van der Waals surface area contributed by atoms with Crippen molar-refractivity contribution in [3.63, 3.8) is 0 Å². The zero-order valence-electron chi connectivity index (χ0n) is 8.63. The van der Waals surface area contributed by atoms with E-state index in [0.717, 1.165) is 11.3 Å². The maximum absolute atomic E-state index is 8.64. The van der Waals surface area contributed by atoms with Crippen LogP contribution in [-0.2, 0) is 6.61 Å². The van der Waals surface area contributed by atoms with Gasteiger partial charge in [-0.25, -0.2) is 0 Å². The van der Waals surface area contributed by atoms with Crippen molar-refractivity contribution in [2.45, 2.75) is 6.61 Å². The highest BCUT2D eigenvalue weighted by molar-refractivity contribution is 5.34. The molecule has 0 radical (unpaired) electrons. The minimum absolute atomic E-state index is 0.508. The largest absolute Gasteiger partial charge is 0.489 e. The van der Waals surface area contributed by atoms with Gasteiger partial charge in [0, 0.05) is 12.4 Å². The summed E-state index contributed by atoms with van der Waals surface area (Å²) in [6, 6.07) is 12.9. The van der Waals surface area contributed by atoms with Crippen LogP contribution in [-0.4, -0.2) is 4.98 Å². The van der Waals surface area contributed by atoms with Gasteiger partial charge in [-0.2, -0.15) is 5.26 Å². The van der Waals surface area contributed by atoms with Gasteiger partial charge in [0.25, 0.3) is 0 Å². The number of ether oxygens (including phenoxy) is 1. The molecule has 0 aliphatic carbocycles. The van der Waals surface area contributed by atoms with Gasteiger partial charge in [-0.05, 0) is 42.0 Å². The Balaban J connectivity index is 1.98. The van der Waals surface area contributed by atoms with Crippen molar-refractivity contribution >= 4 is 0 Å². The first-order chi connectivity index (χ1) is 7.88. The lowest BCUT2D eigenvalue weighted by molar-refractivity contribution is 0.306. The number of hydrogen-bond acceptors (Lipinski definition) is 3. The fourth-order valence-electron chi connectivity index (χ4n) is 1.27. The molecular weight excluding hydrogens is 200 g/mol. The zero-order valence-corrected chi connectivity index (χ0v) is 8.63. The lowest BCUT2D eigenvalue weighted by Gasteiger charge is -2.05. The maximum atomic E-state index is 8.64. The SMILES string of the molecule is N#Cc1ccc(OCc2ccncc2)cc1. The molecule has 1 aromatic carbocycles. The summed E-state index contributed by atoms with van der Waals surface area (Å²) in [4.78, 5) is 3.93. The Morgan fingerprint density at radius 3 is 2.38 bits per heavy atom. The van der Waals surface area contributed by atoms with Crippen LogP contribution in [0.5, 0.6) is 5.75 Å². The third-order valence-corrected chi connectivity index (χ3v) is 2.14. The number of aromatic nitrogens is 1. The second kappa shape index (κ2) is 4.94. The zero-order chi connectivity index (χ0) is 11.2. The van der Waals surface area contributed by atoms with Crippen LogP contribution < -0.4 is 4.74 Å². The Morgan fingerprint density at radius 2 is 1.75 bits per heavy atom. The first-order valence-electron chi connectivity index (χ1n) is 4.90. The summed E-state index contributed by atoms with van der Waals surface area (Å²) in [5, 5.41) is 8.64. The minimum atomic E-state index is 0.508. The Labute approximate surface area is 93.9 Å². The summed E-state index contributed by atoms with van der Waals surface area (Å²) in [6.45, 7) is 0.508. The molecule has 0 bridgehead atoms. The van der Waals surface area contributed by atoms with Crippen LogP contribution in [0.2, 0.25) is 0 Å². The molecule has 0 amide bonds. The van der Waals surface area contributed by atoms with Crippen LogP contribution in [0.25, 0.3) is 0 Å². The van der Waals surface area contributed by atoms with E-state index in [4.69, 9.17) is 10.00 Å². The number of nitrogens with zero attached hydrogens (tertiary/aromatic N) is 2. The third-order valence-electron chi connectivity index (χ3n) is 2.14. The van der Waals surface area contributed by atoms with Gasteiger partial charge < -0.3 is 4.74 Å². The number of pyridine rings is 1. The van der Waals surface area contributed by atoms with E-state index >= 15 is 0 Å². The van der Waals surface area contributed by atoms with E-state index in [1.54, 1.807) is 36.7 Å². The summed E-state index contributed by atoms with van der Waals surface area (Å²) in [5.41, 5.74) is 1.70. The van der Waals surface area contributed by atoms with Gasteiger partial charge in [0.15, 0.2) is 0 Å². The van der Waals surface area contributed by atoms with Crippen molar-refractivity contribution in [2.75, 3.05) is 0 Å². The van der Waals surface area contributed by atoms with Gasteiger partial charge in [-0.1, -0.05) is 0 Å². The molecule has 0 spiro atoms. The van der Waals surface area contributed by atoms with Gasteiger partial charge >= 0.3 is 0 Å². The van der Waals surface area contributed by atoms with Crippen molar-refractivity contribution in [3.05, 3.63) is 59.9 Å². The summed E-state index contributed by atoms with van der Waals surface area (Å²) >= 11 is 0. The Hall–Kier alpha value is -2.34. The van der Waals surface area contributed by atoms with Crippen LogP contribution in [0.1, 0.15) is 11.1 Å². The predicted molar refractivity (Wildman–Crippen MR) is 59.7 cm³/mol. The molecule has 0 aliphatic rings. The van der Waals surface area contributed by atoms with E-state index in [2.05, 4.69) is 11.1 Å². The van der Waals surface area contributed by atoms with Crippen molar-refractivity contribution in [2.24, 2.45) is 0 Å². The Bertz CT molecular complexity index is 486. The van der Waals surface area contributed by atoms with Gasteiger partial charge in [-0.3, -0.25) is 4.98 Å². The van der Waals surface area contributed by atoms with E-state index in [0.29, 0.717) is 12.2 Å². The molecule has 3 nitrogen and oxygen atoms in total. The summed E-state index contributed by atoms with van der Waals surface area (Å²) in [6.07, 6.45) is 3.47. The molecule has 2 aromatic rings. The van der Waals surface area contributed by atoms with Crippen molar-refractivity contribution in [1.82, 2.24) is 4.98 Å². The smallest absolute Gasteiger partial charge is 0.119 e. The summed E-state index contributed by atoms with van der Waals surface area (Å²) < 4.78 is 5.55. The molecule has 0 saturated heterocycles. The molecule has 2 rings (SSSR count). The van der Waals surface area contributed by atoms with E-state index in [9.17, 15) is 0 Å². The van der Waals surface area contributed by atoms with Crippen LogP contribution in [0, 0.1) is 11.3 Å². The first-order valence-corrected chi connectivity index (χ1v) is 4.90. The maximum Gasteiger partial charge on any atom is 0.119 e. The fourth-order valence-corrected chi connectivity index (χ4v) is 1.27. The van der Waals surface area contributed by atoms with Crippen molar-refractivity contribution in [1.29, 1.82) is 5.26 Å². The third kappa shape index (κ3) is 2.58. The number of nitriles is 1. The van der Waals surface area contributed by atoms with E-state index in [-0.39, 0.29) is 0 Å². The van der Waals surface area contributed by atoms with Gasteiger partial charge in [0.05, 0.1) is 11.6 Å². The number of rotatable bonds is 3. The molecular formula is C13H10N2O. The highest BCUT2D eigenvalue weighted by atomic mass is 16.5. The van der Waals surface area contributed by atoms with Gasteiger partial charge in [0.2, 0.25) is 0 Å². The molecule has 1 aromatic heterocycles.